The first-order valence-corrected chi connectivity index (χ1v) is 15.9. The van der Waals surface area contributed by atoms with Gasteiger partial charge in [-0.1, -0.05) is 73.3 Å². The smallest absolute Gasteiger partial charge is 0.410 e. The molecular formula is C35H34N4O5S. The molecule has 0 saturated carbocycles. The fourth-order valence-electron chi connectivity index (χ4n) is 5.40. The van der Waals surface area contributed by atoms with Gasteiger partial charge in [0.15, 0.2) is 5.17 Å². The molecular weight excluding hydrogens is 588 g/mol. The van der Waals surface area contributed by atoms with Crippen molar-refractivity contribution in [2.75, 3.05) is 11.9 Å². The number of benzene rings is 3. The van der Waals surface area contributed by atoms with E-state index in [0.29, 0.717) is 29.6 Å². The molecule has 3 amide bonds. The van der Waals surface area contributed by atoms with Crippen molar-refractivity contribution < 1.29 is 23.5 Å². The molecule has 6 rings (SSSR count). The van der Waals surface area contributed by atoms with Crippen molar-refractivity contribution in [2.45, 2.75) is 50.6 Å². The lowest BCUT2D eigenvalue weighted by Crippen LogP contribution is -2.43. The van der Waals surface area contributed by atoms with Gasteiger partial charge >= 0.3 is 6.09 Å². The number of carbonyl (C=O) groups is 3. The Morgan fingerprint density at radius 3 is 2.47 bits per heavy atom. The van der Waals surface area contributed by atoms with Crippen molar-refractivity contribution in [2.24, 2.45) is 4.99 Å². The molecule has 3 aromatic carbocycles. The van der Waals surface area contributed by atoms with Gasteiger partial charge in [-0.3, -0.25) is 19.4 Å². The standard InChI is InChI=1S/C35H34N4O5S/c1-2-24-12-16-28(17-13-24)37-34-39(22-29-10-7-21-43-29)33(41)31(45-34)26-14-18-27(19-15-26)36-32(40)30-11-6-20-38(30)35(42)44-23-25-8-4-3-5-9-25/h3-5,7-10,12-19,21,30-31H,2,6,11,20,22-23H2,1H3,(H,36,40)/t30-,31?/m0/s1. The van der Waals surface area contributed by atoms with Crippen molar-refractivity contribution >= 4 is 46.2 Å². The van der Waals surface area contributed by atoms with Crippen LogP contribution >= 0.6 is 11.8 Å². The van der Waals surface area contributed by atoms with Gasteiger partial charge in [-0.25, -0.2) is 9.79 Å². The molecule has 10 heteroatoms. The number of aliphatic imine (C=N–C) groups is 1. The van der Waals surface area contributed by atoms with E-state index in [1.165, 1.54) is 22.2 Å². The van der Waals surface area contributed by atoms with E-state index in [9.17, 15) is 14.4 Å². The zero-order valence-electron chi connectivity index (χ0n) is 24.9. The molecule has 1 unspecified atom stereocenters. The fourth-order valence-corrected chi connectivity index (χ4v) is 6.57. The summed E-state index contributed by atoms with van der Waals surface area (Å²) in [4.78, 5) is 47.6. The monoisotopic (exact) mass is 622 g/mol. The Kier molecular flexibility index (Phi) is 9.30. The number of amidine groups is 1. The first kappa shape index (κ1) is 30.2. The van der Waals surface area contributed by atoms with Gasteiger partial charge in [-0.15, -0.1) is 0 Å². The van der Waals surface area contributed by atoms with Gasteiger partial charge in [-0.2, -0.15) is 0 Å². The zero-order chi connectivity index (χ0) is 31.2. The van der Waals surface area contributed by atoms with Gasteiger partial charge in [0.25, 0.3) is 0 Å². The van der Waals surface area contributed by atoms with E-state index in [2.05, 4.69) is 12.2 Å². The summed E-state index contributed by atoms with van der Waals surface area (Å²) in [6, 6.07) is 27.7. The highest BCUT2D eigenvalue weighted by atomic mass is 32.2. The van der Waals surface area contributed by atoms with Crippen LogP contribution < -0.4 is 5.32 Å². The number of nitrogens with zero attached hydrogens (tertiary/aromatic N) is 3. The Balaban J connectivity index is 1.12. The van der Waals surface area contributed by atoms with Crippen LogP contribution in [0, 0.1) is 0 Å². The number of nitrogens with one attached hydrogen (secondary N) is 1. The summed E-state index contributed by atoms with van der Waals surface area (Å²) in [6.07, 6.45) is 3.31. The predicted octanol–water partition coefficient (Wildman–Crippen LogP) is 7.09. The van der Waals surface area contributed by atoms with Crippen LogP contribution in [-0.4, -0.2) is 45.5 Å². The van der Waals surface area contributed by atoms with Crippen LogP contribution in [0.1, 0.15) is 47.5 Å². The maximum atomic E-state index is 13.7. The molecule has 2 atom stereocenters. The molecule has 2 fully saturated rings. The average Bonchev–Trinajstić information content (AvgIpc) is 3.84. The van der Waals surface area contributed by atoms with Gasteiger partial charge < -0.3 is 14.5 Å². The van der Waals surface area contributed by atoms with E-state index in [1.807, 2.05) is 72.8 Å². The molecule has 2 saturated heterocycles. The summed E-state index contributed by atoms with van der Waals surface area (Å²) in [5, 5.41) is 3.04. The molecule has 0 aliphatic carbocycles. The molecule has 45 heavy (non-hydrogen) atoms. The van der Waals surface area contributed by atoms with Crippen LogP contribution in [0.2, 0.25) is 0 Å². The second-order valence-corrected chi connectivity index (χ2v) is 12.0. The molecule has 3 heterocycles. The summed E-state index contributed by atoms with van der Waals surface area (Å²) >= 11 is 1.39. The van der Waals surface area contributed by atoms with E-state index >= 15 is 0 Å². The summed E-state index contributed by atoms with van der Waals surface area (Å²) in [5.74, 6) is 0.311. The highest BCUT2D eigenvalue weighted by Gasteiger charge is 2.40. The number of carbonyl (C=O) groups excluding carboxylic acids is 3. The lowest BCUT2D eigenvalue weighted by molar-refractivity contribution is -0.126. The molecule has 0 radical (unpaired) electrons. The molecule has 2 aliphatic heterocycles. The third-order valence-electron chi connectivity index (χ3n) is 7.88. The molecule has 9 nitrogen and oxygen atoms in total. The number of hydrogen-bond acceptors (Lipinski definition) is 7. The van der Waals surface area contributed by atoms with Crippen molar-refractivity contribution in [1.29, 1.82) is 0 Å². The summed E-state index contributed by atoms with van der Waals surface area (Å²) < 4.78 is 11.0. The fraction of sp³-hybridized carbons (Fsp3) is 0.257. The van der Waals surface area contributed by atoms with Crippen LogP contribution in [0.4, 0.5) is 16.2 Å². The number of thioether (sulfide) groups is 1. The number of hydrogen-bond donors (Lipinski definition) is 1. The molecule has 1 aromatic heterocycles. The summed E-state index contributed by atoms with van der Waals surface area (Å²) in [6.45, 7) is 3.00. The van der Waals surface area contributed by atoms with Crippen LogP contribution in [0.3, 0.4) is 0 Å². The maximum Gasteiger partial charge on any atom is 0.410 e. The van der Waals surface area contributed by atoms with Gasteiger partial charge in [-0.05, 0) is 72.4 Å². The van der Waals surface area contributed by atoms with Gasteiger partial charge in [0.05, 0.1) is 18.5 Å². The first-order chi connectivity index (χ1) is 22.0. The Morgan fingerprint density at radius 2 is 1.76 bits per heavy atom. The number of furan rings is 1. The molecule has 230 valence electrons. The number of likely N-dealkylation sites (tertiary alicyclic amines) is 1. The van der Waals surface area contributed by atoms with Crippen molar-refractivity contribution in [1.82, 2.24) is 9.80 Å². The second-order valence-electron chi connectivity index (χ2n) is 10.9. The number of ether oxygens (including phenoxy) is 1. The number of amides is 3. The van der Waals surface area contributed by atoms with E-state index in [0.717, 1.165) is 29.7 Å². The summed E-state index contributed by atoms with van der Waals surface area (Å²) in [7, 11) is 0. The van der Waals surface area contributed by atoms with E-state index in [-0.39, 0.29) is 25.0 Å². The number of rotatable bonds is 9. The predicted molar refractivity (Wildman–Crippen MR) is 174 cm³/mol. The van der Waals surface area contributed by atoms with Crippen molar-refractivity contribution in [3.8, 4) is 0 Å². The topological polar surface area (TPSA) is 104 Å². The van der Waals surface area contributed by atoms with Crippen LogP contribution in [0.25, 0.3) is 0 Å². The van der Waals surface area contributed by atoms with Gasteiger partial charge in [0, 0.05) is 12.2 Å². The van der Waals surface area contributed by atoms with Crippen LogP contribution in [0.15, 0.2) is 107 Å². The third-order valence-corrected chi connectivity index (χ3v) is 9.12. The van der Waals surface area contributed by atoms with E-state index < -0.39 is 17.4 Å². The minimum atomic E-state index is -0.611. The molecule has 0 spiro atoms. The second kappa shape index (κ2) is 13.9. The Morgan fingerprint density at radius 1 is 0.978 bits per heavy atom. The van der Waals surface area contributed by atoms with Gasteiger partial charge in [0.1, 0.15) is 23.7 Å². The van der Waals surface area contributed by atoms with Crippen LogP contribution in [0.5, 0.6) is 0 Å². The Bertz CT molecular complexity index is 1660. The average molecular weight is 623 g/mol. The third kappa shape index (κ3) is 7.12. The molecule has 0 bridgehead atoms. The molecule has 2 aliphatic rings. The Hall–Kier alpha value is -4.83. The normalized spacial score (nSPS) is 18.9. The number of aryl methyl sites for hydroxylation is 1. The van der Waals surface area contributed by atoms with E-state index in [1.54, 1.807) is 29.4 Å². The van der Waals surface area contributed by atoms with E-state index in [4.69, 9.17) is 14.1 Å². The lowest BCUT2D eigenvalue weighted by atomic mass is 10.1. The largest absolute Gasteiger partial charge is 0.467 e. The highest BCUT2D eigenvalue weighted by molar-refractivity contribution is 8.15. The van der Waals surface area contributed by atoms with Gasteiger partial charge in [0.2, 0.25) is 11.8 Å². The SMILES string of the molecule is CCc1ccc(N=C2SC(c3ccc(NC(=O)[C@@H]4CCCN4C(=O)OCc4ccccc4)cc3)C(=O)N2Cc2ccco2)cc1. The summed E-state index contributed by atoms with van der Waals surface area (Å²) in [5.41, 5.74) is 4.26. The quantitative estimate of drug-likeness (QED) is 0.214. The molecule has 4 aromatic rings. The maximum absolute atomic E-state index is 13.7. The minimum absolute atomic E-state index is 0.0901. The minimum Gasteiger partial charge on any atom is -0.467 e. The van der Waals surface area contributed by atoms with Crippen molar-refractivity contribution in [3.05, 3.63) is 120 Å². The first-order valence-electron chi connectivity index (χ1n) is 15.0. The molecule has 1 N–H and O–H groups in total. The number of anilines is 1. The van der Waals surface area contributed by atoms with Crippen LogP contribution in [-0.2, 0) is 33.9 Å². The van der Waals surface area contributed by atoms with Crippen molar-refractivity contribution in [3.63, 3.8) is 0 Å². The highest BCUT2D eigenvalue weighted by Crippen LogP contribution is 2.41. The zero-order valence-corrected chi connectivity index (χ0v) is 25.7. The lowest BCUT2D eigenvalue weighted by Gasteiger charge is -2.23. The Labute approximate surface area is 266 Å².